The second-order valence-corrected chi connectivity index (χ2v) is 0.408. The SMILES string of the molecule is [Cl-].[Cl-].[Cl-].[O-]CC[O-].[Te+4]. The summed E-state index contributed by atoms with van der Waals surface area (Å²) in [7, 11) is 0. The van der Waals surface area contributed by atoms with Crippen molar-refractivity contribution in [1.29, 1.82) is 0 Å². The second-order valence-electron chi connectivity index (χ2n) is 0.408. The van der Waals surface area contributed by atoms with Crippen LogP contribution in [-0.4, -0.2) is 36.9 Å². The van der Waals surface area contributed by atoms with Gasteiger partial charge < -0.3 is 47.4 Å². The zero-order valence-corrected chi connectivity index (χ0v) is 8.37. The molecular weight excluding hydrogens is 290 g/mol. The van der Waals surface area contributed by atoms with Gasteiger partial charge in [-0.1, -0.05) is 0 Å². The molecule has 0 aromatic rings. The molecule has 8 heavy (non-hydrogen) atoms. The van der Waals surface area contributed by atoms with Crippen molar-refractivity contribution in [3.63, 3.8) is 0 Å². The van der Waals surface area contributed by atoms with E-state index >= 15 is 0 Å². The Labute approximate surface area is 84.0 Å². The van der Waals surface area contributed by atoms with Crippen molar-refractivity contribution >= 4 is 23.7 Å². The minimum atomic E-state index is -0.486. The summed E-state index contributed by atoms with van der Waals surface area (Å²) in [6.45, 7) is -0.972. The predicted octanol–water partition coefficient (Wildman–Crippen LogP) is -11.7. The molecule has 2 radical (unpaired) electrons. The molecule has 0 spiro atoms. The smallest absolute Gasteiger partial charge is 1.00 e. The van der Waals surface area contributed by atoms with Crippen molar-refractivity contribution in [2.75, 3.05) is 13.2 Å². The van der Waals surface area contributed by atoms with Crippen molar-refractivity contribution in [1.82, 2.24) is 0 Å². The average Bonchev–Trinajstić information content (AvgIpc) is 1.37. The standard InChI is InChI=1S/C2H4O2.3ClH.Te/c3-1-2-4;;;;/h1-2H2;3*1H;/q-2;;;;+4/p-3. The molecule has 0 aromatic heterocycles. The van der Waals surface area contributed by atoms with Crippen LogP contribution < -0.4 is 47.4 Å². The first-order valence-electron chi connectivity index (χ1n) is 1.08. The van der Waals surface area contributed by atoms with Gasteiger partial charge in [0.25, 0.3) is 0 Å². The maximum Gasteiger partial charge on any atom is 4.00 e. The van der Waals surface area contributed by atoms with Gasteiger partial charge in [-0.2, -0.15) is 13.2 Å². The average molecular weight is 294 g/mol. The third kappa shape index (κ3) is 49.3. The summed E-state index contributed by atoms with van der Waals surface area (Å²) in [6, 6.07) is 0. The molecule has 0 atom stereocenters. The largest absolute Gasteiger partial charge is 4.00 e. The Kier molecular flexibility index (Phi) is 162. The van der Waals surface area contributed by atoms with E-state index in [1.165, 1.54) is 0 Å². The van der Waals surface area contributed by atoms with E-state index in [9.17, 15) is 0 Å². The molecule has 0 amide bonds. The van der Waals surface area contributed by atoms with E-state index in [-0.39, 0.29) is 60.9 Å². The third-order valence-corrected chi connectivity index (χ3v) is 0.0833. The Morgan fingerprint density at radius 2 is 0.875 bits per heavy atom. The fourth-order valence-electron chi connectivity index (χ4n) is 0. The van der Waals surface area contributed by atoms with Gasteiger partial charge in [0, 0.05) is 0 Å². The first-order chi connectivity index (χ1) is 1.91. The first-order valence-corrected chi connectivity index (χ1v) is 1.08. The van der Waals surface area contributed by atoms with Crippen molar-refractivity contribution < 1.29 is 47.4 Å². The number of rotatable bonds is 1. The minimum absolute atomic E-state index is 0. The molecule has 0 aliphatic rings. The van der Waals surface area contributed by atoms with Crippen molar-refractivity contribution in [3.8, 4) is 0 Å². The molecule has 0 aromatic carbocycles. The van der Waals surface area contributed by atoms with Gasteiger partial charge in [0.1, 0.15) is 0 Å². The molecule has 6 heteroatoms. The van der Waals surface area contributed by atoms with Crippen LogP contribution in [0.25, 0.3) is 0 Å². The number of hydrogen-bond acceptors (Lipinski definition) is 2. The summed E-state index contributed by atoms with van der Waals surface area (Å²) in [6.07, 6.45) is 0. The fraction of sp³-hybridized carbons (Fsp3) is 1.00. The summed E-state index contributed by atoms with van der Waals surface area (Å²) < 4.78 is 0. The van der Waals surface area contributed by atoms with E-state index in [1.54, 1.807) is 0 Å². The Bertz CT molecular complexity index is 17.2. The maximum absolute atomic E-state index is 8.99. The van der Waals surface area contributed by atoms with Gasteiger partial charge in [0.05, 0.1) is 0 Å². The van der Waals surface area contributed by atoms with Gasteiger partial charge in [-0.15, -0.1) is 0 Å². The quantitative estimate of drug-likeness (QED) is 0.451. The summed E-state index contributed by atoms with van der Waals surface area (Å²) in [5.41, 5.74) is 0. The van der Waals surface area contributed by atoms with Crippen LogP contribution >= 0.6 is 0 Å². The normalized spacial score (nSPS) is 3.75. The molecule has 2 nitrogen and oxygen atoms in total. The molecule has 0 saturated heterocycles. The Hall–Kier alpha value is 1.58. The number of hydrogen-bond donors (Lipinski definition) is 0. The molecule has 0 N–H and O–H groups in total. The van der Waals surface area contributed by atoms with Gasteiger partial charge in [-0.05, 0) is 0 Å². The molecule has 0 rings (SSSR count). The van der Waals surface area contributed by atoms with Crippen LogP contribution in [-0.2, 0) is 0 Å². The van der Waals surface area contributed by atoms with Gasteiger partial charge in [0.2, 0.25) is 0 Å². The molecule has 0 heterocycles. The van der Waals surface area contributed by atoms with E-state index in [4.69, 9.17) is 10.2 Å². The second kappa shape index (κ2) is 38.5. The molecule has 0 aliphatic heterocycles. The molecule has 0 unspecified atom stereocenters. The fourth-order valence-corrected chi connectivity index (χ4v) is 0. The Balaban J connectivity index is -0.00000000750. The maximum atomic E-state index is 8.99. The summed E-state index contributed by atoms with van der Waals surface area (Å²) >= 11 is 0. The van der Waals surface area contributed by atoms with E-state index in [0.717, 1.165) is 0 Å². The van der Waals surface area contributed by atoms with Crippen LogP contribution in [0.5, 0.6) is 0 Å². The van der Waals surface area contributed by atoms with Gasteiger partial charge >= 0.3 is 23.7 Å². The zero-order chi connectivity index (χ0) is 3.41. The van der Waals surface area contributed by atoms with Crippen molar-refractivity contribution in [3.05, 3.63) is 0 Å². The van der Waals surface area contributed by atoms with Gasteiger partial charge in [-0.25, -0.2) is 0 Å². The molecule has 52 valence electrons. The Morgan fingerprint density at radius 1 is 0.750 bits per heavy atom. The molecule has 0 fully saturated rings. The molecule has 0 bridgehead atoms. The van der Waals surface area contributed by atoms with Gasteiger partial charge in [0.15, 0.2) is 0 Å². The van der Waals surface area contributed by atoms with Crippen LogP contribution in [0.4, 0.5) is 0 Å². The molecule has 0 saturated carbocycles. The van der Waals surface area contributed by atoms with E-state index < -0.39 is 13.2 Å². The third-order valence-electron chi connectivity index (χ3n) is 0.0833. The molecular formula is C2H4Cl3O2Te-. The predicted molar refractivity (Wildman–Crippen MR) is 15.5 cm³/mol. The van der Waals surface area contributed by atoms with E-state index in [2.05, 4.69) is 0 Å². The van der Waals surface area contributed by atoms with Crippen LogP contribution in [0, 0.1) is 0 Å². The zero-order valence-electron chi connectivity index (χ0n) is 3.77. The summed E-state index contributed by atoms with van der Waals surface area (Å²) in [4.78, 5) is 0. The van der Waals surface area contributed by atoms with Gasteiger partial charge in [-0.3, -0.25) is 0 Å². The van der Waals surface area contributed by atoms with Crippen LogP contribution in [0.15, 0.2) is 0 Å². The molecule has 0 aliphatic carbocycles. The van der Waals surface area contributed by atoms with Crippen molar-refractivity contribution in [2.45, 2.75) is 0 Å². The van der Waals surface area contributed by atoms with Crippen molar-refractivity contribution in [2.24, 2.45) is 0 Å². The number of halogens is 3. The monoisotopic (exact) mass is 295 g/mol. The Morgan fingerprint density at radius 3 is 0.875 bits per heavy atom. The first kappa shape index (κ1) is 33.6. The summed E-state index contributed by atoms with van der Waals surface area (Å²) in [5, 5.41) is 18.0. The van der Waals surface area contributed by atoms with E-state index in [0.29, 0.717) is 0 Å². The van der Waals surface area contributed by atoms with Crippen LogP contribution in [0.2, 0.25) is 0 Å². The topological polar surface area (TPSA) is 46.1 Å². The summed E-state index contributed by atoms with van der Waals surface area (Å²) in [5.74, 6) is 0. The van der Waals surface area contributed by atoms with Crippen LogP contribution in [0.3, 0.4) is 0 Å². The minimum Gasteiger partial charge on any atom is -1.00 e. The van der Waals surface area contributed by atoms with E-state index in [1.807, 2.05) is 0 Å². The van der Waals surface area contributed by atoms with Crippen LogP contribution in [0.1, 0.15) is 0 Å².